The lowest BCUT2D eigenvalue weighted by atomic mass is 10.1. The summed E-state index contributed by atoms with van der Waals surface area (Å²) in [5.41, 5.74) is 16.3. The Balaban J connectivity index is 1.77. The number of aromatic nitrogens is 2. The molecule has 0 aliphatic rings. The molecule has 1 aromatic heterocycles. The fourth-order valence-corrected chi connectivity index (χ4v) is 3.07. The van der Waals surface area contributed by atoms with Gasteiger partial charge in [-0.05, 0) is 42.7 Å². The van der Waals surface area contributed by atoms with Crippen LogP contribution in [0.2, 0.25) is 0 Å². The maximum atomic E-state index is 11.8. The van der Waals surface area contributed by atoms with Gasteiger partial charge in [0.15, 0.2) is 0 Å². The van der Waals surface area contributed by atoms with Crippen LogP contribution in [0, 0.1) is 13.8 Å². The molecule has 0 fully saturated rings. The molecular formula is C22H24N6O2. The zero-order chi connectivity index (χ0) is 21.7. The van der Waals surface area contributed by atoms with E-state index in [0.29, 0.717) is 23.9 Å². The van der Waals surface area contributed by atoms with E-state index >= 15 is 0 Å². The van der Waals surface area contributed by atoms with Crippen LogP contribution >= 0.6 is 0 Å². The third-order valence-corrected chi connectivity index (χ3v) is 4.52. The largest absolute Gasteiger partial charge is 0.365 e. The van der Waals surface area contributed by atoms with Crippen molar-refractivity contribution in [1.29, 1.82) is 0 Å². The zero-order valence-corrected chi connectivity index (χ0v) is 16.8. The van der Waals surface area contributed by atoms with Crippen LogP contribution in [0.15, 0.2) is 48.7 Å². The number of carbonyl (C=O) groups excluding carboxylic acids is 2. The number of aryl methyl sites for hydroxylation is 2. The Kier molecular flexibility index (Phi) is 6.38. The number of aldehydes is 1. The number of primary amides is 1. The summed E-state index contributed by atoms with van der Waals surface area (Å²) in [6.45, 7) is 4.34. The smallest absolute Gasteiger partial charge is 0.254 e. The normalized spacial score (nSPS) is 11.6. The summed E-state index contributed by atoms with van der Waals surface area (Å²) in [4.78, 5) is 31.1. The number of benzene rings is 2. The summed E-state index contributed by atoms with van der Waals surface area (Å²) in [7, 11) is 0. The number of anilines is 3. The third kappa shape index (κ3) is 5.18. The maximum absolute atomic E-state index is 11.8. The Bertz CT molecular complexity index is 1050. The monoisotopic (exact) mass is 404 g/mol. The molecule has 6 N–H and O–H groups in total. The van der Waals surface area contributed by atoms with Crippen molar-refractivity contribution < 1.29 is 9.59 Å². The minimum absolute atomic E-state index is 0.188. The molecule has 1 atom stereocenters. The lowest BCUT2D eigenvalue weighted by Crippen LogP contribution is -2.22. The molecule has 0 spiro atoms. The number of rotatable bonds is 8. The molecule has 3 rings (SSSR count). The van der Waals surface area contributed by atoms with Crippen LogP contribution in [0.4, 0.5) is 17.5 Å². The van der Waals surface area contributed by atoms with Crippen molar-refractivity contribution in [3.63, 3.8) is 0 Å². The Morgan fingerprint density at radius 3 is 2.40 bits per heavy atom. The van der Waals surface area contributed by atoms with Crippen molar-refractivity contribution in [2.75, 3.05) is 17.2 Å². The molecule has 0 aliphatic carbocycles. The van der Waals surface area contributed by atoms with Gasteiger partial charge < -0.3 is 22.1 Å². The minimum Gasteiger partial charge on any atom is -0.365 e. The molecule has 0 bridgehead atoms. The highest BCUT2D eigenvalue weighted by Crippen LogP contribution is 2.22. The number of nitrogens with zero attached hydrogens (tertiary/aromatic N) is 2. The molecule has 8 nitrogen and oxygen atoms in total. The van der Waals surface area contributed by atoms with E-state index < -0.39 is 5.91 Å². The molecule has 2 aromatic carbocycles. The SMILES string of the molecule is Cc1cc(C)cc(Nc2nc(NC[C@H](N)c3ccc(C=O)cc3)ncc2C(N)=O)c1. The zero-order valence-electron chi connectivity index (χ0n) is 16.8. The molecule has 0 aliphatic heterocycles. The van der Waals surface area contributed by atoms with Crippen LogP contribution in [0.3, 0.4) is 0 Å². The molecule has 30 heavy (non-hydrogen) atoms. The van der Waals surface area contributed by atoms with Gasteiger partial charge in [-0.1, -0.05) is 30.3 Å². The summed E-state index contributed by atoms with van der Waals surface area (Å²) in [5.74, 6) is 0.00105. The molecule has 8 heteroatoms. The van der Waals surface area contributed by atoms with E-state index in [0.717, 1.165) is 28.7 Å². The van der Waals surface area contributed by atoms with Gasteiger partial charge in [0.05, 0.1) is 0 Å². The minimum atomic E-state index is -0.625. The molecule has 1 amide bonds. The molecular weight excluding hydrogens is 380 g/mol. The molecule has 0 unspecified atom stereocenters. The maximum Gasteiger partial charge on any atom is 0.254 e. The Morgan fingerprint density at radius 1 is 1.13 bits per heavy atom. The van der Waals surface area contributed by atoms with Gasteiger partial charge in [0, 0.05) is 30.0 Å². The predicted octanol–water partition coefficient (Wildman–Crippen LogP) is 2.86. The van der Waals surface area contributed by atoms with Gasteiger partial charge >= 0.3 is 0 Å². The van der Waals surface area contributed by atoms with Crippen molar-refractivity contribution in [2.24, 2.45) is 11.5 Å². The van der Waals surface area contributed by atoms with E-state index in [-0.39, 0.29) is 11.6 Å². The first-order valence-corrected chi connectivity index (χ1v) is 9.42. The number of hydrogen-bond donors (Lipinski definition) is 4. The van der Waals surface area contributed by atoms with Crippen LogP contribution in [0.1, 0.15) is 43.4 Å². The number of amides is 1. The van der Waals surface area contributed by atoms with Crippen LogP contribution in [0.25, 0.3) is 0 Å². The molecule has 1 heterocycles. The summed E-state index contributed by atoms with van der Waals surface area (Å²) < 4.78 is 0. The lowest BCUT2D eigenvalue weighted by molar-refractivity contribution is 0.1000. The number of hydrogen-bond acceptors (Lipinski definition) is 7. The van der Waals surface area contributed by atoms with E-state index in [1.165, 1.54) is 6.20 Å². The van der Waals surface area contributed by atoms with Crippen molar-refractivity contribution in [3.05, 3.63) is 76.5 Å². The number of nitrogens with two attached hydrogens (primary N) is 2. The van der Waals surface area contributed by atoms with Crippen molar-refractivity contribution in [2.45, 2.75) is 19.9 Å². The van der Waals surface area contributed by atoms with E-state index in [1.807, 2.05) is 26.0 Å². The summed E-state index contributed by atoms with van der Waals surface area (Å²) in [5, 5.41) is 6.23. The summed E-state index contributed by atoms with van der Waals surface area (Å²) in [6, 6.07) is 12.7. The Morgan fingerprint density at radius 2 is 1.80 bits per heavy atom. The summed E-state index contributed by atoms with van der Waals surface area (Å²) >= 11 is 0. The van der Waals surface area contributed by atoms with Crippen LogP contribution < -0.4 is 22.1 Å². The first-order valence-electron chi connectivity index (χ1n) is 9.42. The van der Waals surface area contributed by atoms with Crippen LogP contribution in [-0.2, 0) is 0 Å². The van der Waals surface area contributed by atoms with Gasteiger partial charge in [-0.3, -0.25) is 9.59 Å². The fourth-order valence-electron chi connectivity index (χ4n) is 3.07. The molecule has 0 saturated carbocycles. The molecule has 0 radical (unpaired) electrons. The predicted molar refractivity (Wildman–Crippen MR) is 117 cm³/mol. The lowest BCUT2D eigenvalue weighted by Gasteiger charge is -2.15. The van der Waals surface area contributed by atoms with Crippen molar-refractivity contribution >= 4 is 29.6 Å². The van der Waals surface area contributed by atoms with Crippen molar-refractivity contribution in [3.8, 4) is 0 Å². The number of nitrogens with one attached hydrogen (secondary N) is 2. The van der Waals surface area contributed by atoms with Gasteiger partial charge in [-0.15, -0.1) is 0 Å². The van der Waals surface area contributed by atoms with Gasteiger partial charge in [-0.25, -0.2) is 4.98 Å². The fraction of sp³-hybridized carbons (Fsp3) is 0.182. The topological polar surface area (TPSA) is 136 Å². The van der Waals surface area contributed by atoms with Gasteiger partial charge in [0.25, 0.3) is 5.91 Å². The first-order chi connectivity index (χ1) is 14.4. The van der Waals surface area contributed by atoms with Crippen LogP contribution in [-0.4, -0.2) is 28.7 Å². The second-order valence-corrected chi connectivity index (χ2v) is 7.09. The molecule has 3 aromatic rings. The molecule has 0 saturated heterocycles. The van der Waals surface area contributed by atoms with Gasteiger partial charge in [0.1, 0.15) is 17.7 Å². The van der Waals surface area contributed by atoms with Crippen molar-refractivity contribution in [1.82, 2.24) is 9.97 Å². The highest BCUT2D eigenvalue weighted by atomic mass is 16.1. The average molecular weight is 404 g/mol. The third-order valence-electron chi connectivity index (χ3n) is 4.52. The van der Waals surface area contributed by atoms with E-state index in [2.05, 4.69) is 26.7 Å². The van der Waals surface area contributed by atoms with Gasteiger partial charge in [-0.2, -0.15) is 4.98 Å². The highest BCUT2D eigenvalue weighted by molar-refractivity contribution is 5.98. The second-order valence-electron chi connectivity index (χ2n) is 7.09. The van der Waals surface area contributed by atoms with E-state index in [9.17, 15) is 9.59 Å². The Hall–Kier alpha value is -3.78. The standard InChI is InChI=1S/C22H24N6O2/c1-13-7-14(2)9-17(8-13)27-21-18(20(24)30)10-25-22(28-21)26-11-19(23)16-5-3-15(12-29)4-6-16/h3-10,12,19H,11,23H2,1-2H3,(H2,24,30)(H2,25,26,27,28)/t19-/m0/s1. The van der Waals surface area contributed by atoms with Crippen LogP contribution in [0.5, 0.6) is 0 Å². The Labute approximate surface area is 174 Å². The van der Waals surface area contributed by atoms with E-state index in [4.69, 9.17) is 11.5 Å². The van der Waals surface area contributed by atoms with E-state index in [1.54, 1.807) is 24.3 Å². The first kappa shape index (κ1) is 20.9. The number of carbonyl (C=O) groups is 2. The highest BCUT2D eigenvalue weighted by Gasteiger charge is 2.14. The quantitative estimate of drug-likeness (QED) is 0.424. The second kappa shape index (κ2) is 9.15. The van der Waals surface area contributed by atoms with Gasteiger partial charge in [0.2, 0.25) is 5.95 Å². The summed E-state index contributed by atoms with van der Waals surface area (Å²) in [6.07, 6.45) is 2.17. The average Bonchev–Trinajstić information content (AvgIpc) is 2.71. The molecule has 154 valence electrons.